The van der Waals surface area contributed by atoms with Crippen LogP contribution in [-0.4, -0.2) is 4.98 Å². The van der Waals surface area contributed by atoms with Crippen molar-refractivity contribution in [3.63, 3.8) is 0 Å². The summed E-state index contributed by atoms with van der Waals surface area (Å²) in [6, 6.07) is 10.5. The van der Waals surface area contributed by atoms with E-state index in [2.05, 4.69) is 64.3 Å². The number of hydrogen-bond donors (Lipinski definition) is 1. The first-order chi connectivity index (χ1) is 8.66. The monoisotopic (exact) mass is 304 g/mol. The van der Waals surface area contributed by atoms with E-state index in [1.54, 1.807) is 0 Å². The number of aryl methyl sites for hydroxylation is 2. The second kappa shape index (κ2) is 6.12. The Bertz CT molecular complexity index is 538. The standard InChI is InChI=1S/C15H17BrN2/c1-11-5-6-13(8-14(11)16)9-17-10-15-12(2)4-3-7-18-15/h3-8,17H,9-10H2,1-2H3. The maximum Gasteiger partial charge on any atom is 0.0570 e. The maximum atomic E-state index is 4.37. The van der Waals surface area contributed by atoms with E-state index in [0.717, 1.165) is 23.3 Å². The molecule has 2 aromatic rings. The predicted octanol–water partition coefficient (Wildman–Crippen LogP) is 3.75. The summed E-state index contributed by atoms with van der Waals surface area (Å²) >= 11 is 3.55. The van der Waals surface area contributed by atoms with E-state index in [1.807, 2.05) is 12.3 Å². The van der Waals surface area contributed by atoms with E-state index in [1.165, 1.54) is 16.7 Å². The fourth-order valence-corrected chi connectivity index (χ4v) is 2.20. The number of halogens is 1. The van der Waals surface area contributed by atoms with Gasteiger partial charge in [0.2, 0.25) is 0 Å². The largest absolute Gasteiger partial charge is 0.307 e. The summed E-state index contributed by atoms with van der Waals surface area (Å²) in [7, 11) is 0. The minimum atomic E-state index is 0.804. The number of aromatic nitrogens is 1. The molecule has 1 N–H and O–H groups in total. The first kappa shape index (κ1) is 13.2. The molecule has 0 amide bonds. The van der Waals surface area contributed by atoms with Gasteiger partial charge in [0.25, 0.3) is 0 Å². The molecule has 0 unspecified atom stereocenters. The Morgan fingerprint density at radius 2 is 1.94 bits per heavy atom. The van der Waals surface area contributed by atoms with E-state index < -0.39 is 0 Å². The minimum absolute atomic E-state index is 0.804. The smallest absolute Gasteiger partial charge is 0.0570 e. The lowest BCUT2D eigenvalue weighted by atomic mass is 10.1. The fourth-order valence-electron chi connectivity index (χ4n) is 1.78. The summed E-state index contributed by atoms with van der Waals surface area (Å²) in [5.74, 6) is 0. The van der Waals surface area contributed by atoms with Crippen molar-refractivity contribution in [1.82, 2.24) is 10.3 Å². The Labute approximate surface area is 117 Å². The molecule has 0 fully saturated rings. The zero-order chi connectivity index (χ0) is 13.0. The highest BCUT2D eigenvalue weighted by atomic mass is 79.9. The first-order valence-corrected chi connectivity index (χ1v) is 6.82. The first-order valence-electron chi connectivity index (χ1n) is 6.03. The Kier molecular flexibility index (Phi) is 4.50. The Hall–Kier alpha value is -1.19. The van der Waals surface area contributed by atoms with E-state index in [0.29, 0.717) is 0 Å². The predicted molar refractivity (Wildman–Crippen MR) is 78.4 cm³/mol. The van der Waals surface area contributed by atoms with Gasteiger partial charge in [-0.25, -0.2) is 0 Å². The molecule has 18 heavy (non-hydrogen) atoms. The SMILES string of the molecule is Cc1ccc(CNCc2ncccc2C)cc1Br. The zero-order valence-corrected chi connectivity index (χ0v) is 12.3. The van der Waals surface area contributed by atoms with Gasteiger partial charge < -0.3 is 5.32 Å². The summed E-state index contributed by atoms with van der Waals surface area (Å²) in [4.78, 5) is 4.37. The molecule has 1 heterocycles. The minimum Gasteiger partial charge on any atom is -0.307 e. The van der Waals surface area contributed by atoms with Crippen molar-refractivity contribution < 1.29 is 0 Å². The summed E-state index contributed by atoms with van der Waals surface area (Å²) in [5, 5.41) is 3.42. The molecule has 0 radical (unpaired) electrons. The molecule has 1 aromatic carbocycles. The highest BCUT2D eigenvalue weighted by Crippen LogP contribution is 2.17. The third-order valence-corrected chi connectivity index (χ3v) is 3.83. The normalized spacial score (nSPS) is 10.6. The number of rotatable bonds is 4. The van der Waals surface area contributed by atoms with Crippen LogP contribution in [0, 0.1) is 13.8 Å². The molecule has 2 rings (SSSR count). The average Bonchev–Trinajstić information content (AvgIpc) is 2.36. The number of nitrogens with one attached hydrogen (secondary N) is 1. The van der Waals surface area contributed by atoms with E-state index in [9.17, 15) is 0 Å². The van der Waals surface area contributed by atoms with Gasteiger partial charge in [-0.3, -0.25) is 4.98 Å². The van der Waals surface area contributed by atoms with Crippen LogP contribution in [0.5, 0.6) is 0 Å². The van der Waals surface area contributed by atoms with Gasteiger partial charge >= 0.3 is 0 Å². The van der Waals surface area contributed by atoms with Gasteiger partial charge in [-0.2, -0.15) is 0 Å². The van der Waals surface area contributed by atoms with Crippen LogP contribution < -0.4 is 5.32 Å². The average molecular weight is 305 g/mol. The molecule has 3 heteroatoms. The Balaban J connectivity index is 1.92. The summed E-state index contributed by atoms with van der Waals surface area (Å²) in [5.41, 5.74) is 4.89. The van der Waals surface area contributed by atoms with Crippen LogP contribution in [0.25, 0.3) is 0 Å². The third-order valence-electron chi connectivity index (χ3n) is 2.98. The maximum absolute atomic E-state index is 4.37. The van der Waals surface area contributed by atoms with Crippen molar-refractivity contribution in [1.29, 1.82) is 0 Å². The lowest BCUT2D eigenvalue weighted by molar-refractivity contribution is 0.676. The van der Waals surface area contributed by atoms with Crippen LogP contribution in [0.2, 0.25) is 0 Å². The van der Waals surface area contributed by atoms with E-state index in [4.69, 9.17) is 0 Å². The van der Waals surface area contributed by atoms with Crippen LogP contribution in [0.1, 0.15) is 22.4 Å². The summed E-state index contributed by atoms with van der Waals surface area (Å²) < 4.78 is 1.16. The lowest BCUT2D eigenvalue weighted by Gasteiger charge is -2.08. The molecule has 0 spiro atoms. The van der Waals surface area contributed by atoms with Crippen molar-refractivity contribution in [3.05, 3.63) is 63.4 Å². The molecule has 0 saturated heterocycles. The Morgan fingerprint density at radius 1 is 1.11 bits per heavy atom. The topological polar surface area (TPSA) is 24.9 Å². The molecule has 0 atom stereocenters. The lowest BCUT2D eigenvalue weighted by Crippen LogP contribution is -2.14. The molecule has 0 bridgehead atoms. The number of hydrogen-bond acceptors (Lipinski definition) is 2. The second-order valence-corrected chi connectivity index (χ2v) is 5.31. The van der Waals surface area contributed by atoms with Gasteiger partial charge in [-0.1, -0.05) is 34.1 Å². The van der Waals surface area contributed by atoms with Gasteiger partial charge in [0, 0.05) is 23.8 Å². The zero-order valence-electron chi connectivity index (χ0n) is 10.7. The van der Waals surface area contributed by atoms with E-state index >= 15 is 0 Å². The fraction of sp³-hybridized carbons (Fsp3) is 0.267. The van der Waals surface area contributed by atoms with Crippen molar-refractivity contribution in [2.75, 3.05) is 0 Å². The molecule has 1 aromatic heterocycles. The molecule has 2 nitrogen and oxygen atoms in total. The highest BCUT2D eigenvalue weighted by Gasteiger charge is 2.00. The molecule has 94 valence electrons. The van der Waals surface area contributed by atoms with Crippen molar-refractivity contribution in [3.8, 4) is 0 Å². The Morgan fingerprint density at radius 3 is 2.67 bits per heavy atom. The van der Waals surface area contributed by atoms with Gasteiger partial charge in [0.1, 0.15) is 0 Å². The number of nitrogens with zero attached hydrogens (tertiary/aromatic N) is 1. The van der Waals surface area contributed by atoms with Crippen LogP contribution >= 0.6 is 15.9 Å². The van der Waals surface area contributed by atoms with Crippen molar-refractivity contribution in [2.24, 2.45) is 0 Å². The highest BCUT2D eigenvalue weighted by molar-refractivity contribution is 9.10. The third kappa shape index (κ3) is 3.40. The van der Waals surface area contributed by atoms with Crippen LogP contribution in [-0.2, 0) is 13.1 Å². The molecule has 0 aliphatic carbocycles. The van der Waals surface area contributed by atoms with Crippen LogP contribution in [0.4, 0.5) is 0 Å². The molecule has 0 saturated carbocycles. The van der Waals surface area contributed by atoms with Crippen molar-refractivity contribution in [2.45, 2.75) is 26.9 Å². The van der Waals surface area contributed by atoms with Gasteiger partial charge in [-0.05, 0) is 42.7 Å². The number of benzene rings is 1. The molecule has 0 aliphatic heterocycles. The molecular weight excluding hydrogens is 288 g/mol. The van der Waals surface area contributed by atoms with Gasteiger partial charge in [0.05, 0.1) is 5.69 Å². The van der Waals surface area contributed by atoms with Crippen LogP contribution in [0.15, 0.2) is 41.0 Å². The molecular formula is C15H17BrN2. The quantitative estimate of drug-likeness (QED) is 0.930. The summed E-state index contributed by atoms with van der Waals surface area (Å²) in [6.45, 7) is 5.85. The second-order valence-electron chi connectivity index (χ2n) is 4.45. The van der Waals surface area contributed by atoms with E-state index in [-0.39, 0.29) is 0 Å². The van der Waals surface area contributed by atoms with Crippen molar-refractivity contribution >= 4 is 15.9 Å². The van der Waals surface area contributed by atoms with Gasteiger partial charge in [-0.15, -0.1) is 0 Å². The molecule has 0 aliphatic rings. The van der Waals surface area contributed by atoms with Gasteiger partial charge in [0.15, 0.2) is 0 Å². The number of pyridine rings is 1. The van der Waals surface area contributed by atoms with Crippen LogP contribution in [0.3, 0.4) is 0 Å². The summed E-state index contributed by atoms with van der Waals surface area (Å²) in [6.07, 6.45) is 1.84.